The Labute approximate surface area is 85.0 Å². The van der Waals surface area contributed by atoms with Crippen LogP contribution in [0.1, 0.15) is 11.3 Å². The summed E-state index contributed by atoms with van der Waals surface area (Å²) in [5.41, 5.74) is 2.04. The van der Waals surface area contributed by atoms with Crippen molar-refractivity contribution in [3.05, 3.63) is 29.9 Å². The largest absolute Gasteiger partial charge is 0.495 e. The lowest BCUT2D eigenvalue weighted by Gasteiger charge is -2.17. The molecule has 0 spiro atoms. The van der Waals surface area contributed by atoms with Crippen LogP contribution in [-0.4, -0.2) is 21.9 Å². The van der Waals surface area contributed by atoms with Crippen LogP contribution in [-0.2, 0) is 11.2 Å². The number of hydrogen-bond donors (Lipinski definition) is 0. The molecule has 1 aliphatic carbocycles. The Bertz CT molecular complexity index is 351. The fraction of sp³-hybridized carbons (Fsp3) is 0.333. The first kappa shape index (κ1) is 8.69. The number of hydrogen-bond acceptors (Lipinski definition) is 3. The summed E-state index contributed by atoms with van der Waals surface area (Å²) in [6, 6.07) is 0. The molecule has 3 nitrogen and oxygen atoms in total. The van der Waals surface area contributed by atoms with E-state index in [2.05, 4.69) is 25.9 Å². The number of rotatable bonds is 1. The Balaban J connectivity index is 2.49. The van der Waals surface area contributed by atoms with Gasteiger partial charge in [-0.1, -0.05) is 15.9 Å². The molecule has 0 amide bonds. The molecule has 1 heterocycles. The van der Waals surface area contributed by atoms with Crippen LogP contribution in [0.2, 0.25) is 0 Å². The number of nitrogens with zero attached hydrogens (tertiary/aromatic N) is 2. The molecule has 1 unspecified atom stereocenters. The summed E-state index contributed by atoms with van der Waals surface area (Å²) < 4.78 is 5.23. The number of allylic oxidation sites excluding steroid dienone is 1. The standard InChI is InChI=1S/C9H9BrN2O/c1-13-8-3-7(10)2-6-4-11-5-12-9(6)8/h3-5,7H,2H2,1H3. The van der Waals surface area contributed by atoms with E-state index in [9.17, 15) is 0 Å². The Morgan fingerprint density at radius 2 is 2.46 bits per heavy atom. The molecule has 1 aromatic rings. The van der Waals surface area contributed by atoms with E-state index in [1.165, 1.54) is 0 Å². The van der Waals surface area contributed by atoms with Gasteiger partial charge in [0.15, 0.2) is 0 Å². The summed E-state index contributed by atoms with van der Waals surface area (Å²) in [6.45, 7) is 0. The lowest BCUT2D eigenvalue weighted by molar-refractivity contribution is 0.365. The molecular weight excluding hydrogens is 232 g/mol. The third-order valence-corrected chi connectivity index (χ3v) is 2.58. The summed E-state index contributed by atoms with van der Waals surface area (Å²) in [7, 11) is 1.66. The van der Waals surface area contributed by atoms with Crippen molar-refractivity contribution in [3.8, 4) is 0 Å². The van der Waals surface area contributed by atoms with Gasteiger partial charge in [0, 0.05) is 16.6 Å². The van der Waals surface area contributed by atoms with Crippen LogP contribution in [0.4, 0.5) is 0 Å². The predicted octanol–water partition coefficient (Wildman–Crippen LogP) is 1.78. The summed E-state index contributed by atoms with van der Waals surface area (Å²) >= 11 is 3.53. The molecule has 0 N–H and O–H groups in total. The van der Waals surface area contributed by atoms with Gasteiger partial charge in [0.1, 0.15) is 17.8 Å². The van der Waals surface area contributed by atoms with E-state index in [1.807, 2.05) is 12.3 Å². The van der Waals surface area contributed by atoms with Crippen LogP contribution in [0, 0.1) is 0 Å². The topological polar surface area (TPSA) is 35.0 Å². The van der Waals surface area contributed by atoms with Gasteiger partial charge >= 0.3 is 0 Å². The highest BCUT2D eigenvalue weighted by Gasteiger charge is 2.19. The Morgan fingerprint density at radius 1 is 1.62 bits per heavy atom. The van der Waals surface area contributed by atoms with Crippen molar-refractivity contribution in [2.75, 3.05) is 7.11 Å². The number of aromatic nitrogens is 2. The van der Waals surface area contributed by atoms with Crippen LogP contribution in [0.5, 0.6) is 0 Å². The monoisotopic (exact) mass is 240 g/mol. The second-order valence-electron chi connectivity index (χ2n) is 2.85. The first-order valence-corrected chi connectivity index (χ1v) is 4.92. The first-order chi connectivity index (χ1) is 6.31. The van der Waals surface area contributed by atoms with E-state index >= 15 is 0 Å². The second kappa shape index (κ2) is 3.46. The second-order valence-corrected chi connectivity index (χ2v) is 4.03. The van der Waals surface area contributed by atoms with Crippen molar-refractivity contribution >= 4 is 21.7 Å². The van der Waals surface area contributed by atoms with Crippen molar-refractivity contribution in [2.45, 2.75) is 11.2 Å². The highest BCUT2D eigenvalue weighted by molar-refractivity contribution is 9.09. The molecule has 1 aromatic heterocycles. The molecule has 0 fully saturated rings. The van der Waals surface area contributed by atoms with E-state index < -0.39 is 0 Å². The maximum absolute atomic E-state index is 5.23. The van der Waals surface area contributed by atoms with Crippen molar-refractivity contribution in [1.82, 2.24) is 9.97 Å². The minimum Gasteiger partial charge on any atom is -0.495 e. The van der Waals surface area contributed by atoms with Gasteiger partial charge in [0.25, 0.3) is 0 Å². The number of halogens is 1. The average molecular weight is 241 g/mol. The maximum atomic E-state index is 5.23. The molecule has 1 atom stereocenters. The van der Waals surface area contributed by atoms with Crippen molar-refractivity contribution in [2.24, 2.45) is 0 Å². The van der Waals surface area contributed by atoms with E-state index in [1.54, 1.807) is 13.4 Å². The smallest absolute Gasteiger partial charge is 0.142 e. The minimum absolute atomic E-state index is 0.320. The SMILES string of the molecule is COC1=CC(Br)Cc2cncnc21. The number of ether oxygens (including phenoxy) is 1. The van der Waals surface area contributed by atoms with Gasteiger partial charge in [-0.2, -0.15) is 0 Å². The zero-order chi connectivity index (χ0) is 9.26. The zero-order valence-corrected chi connectivity index (χ0v) is 8.78. The van der Waals surface area contributed by atoms with E-state index in [0.29, 0.717) is 4.83 Å². The molecule has 0 aromatic carbocycles. The maximum Gasteiger partial charge on any atom is 0.142 e. The summed E-state index contributed by atoms with van der Waals surface area (Å²) in [4.78, 5) is 8.49. The lowest BCUT2D eigenvalue weighted by atomic mass is 10.0. The molecular formula is C9H9BrN2O. The fourth-order valence-corrected chi connectivity index (χ4v) is 2.00. The Hall–Kier alpha value is -0.900. The average Bonchev–Trinajstić information content (AvgIpc) is 2.16. The molecule has 68 valence electrons. The van der Waals surface area contributed by atoms with Crippen LogP contribution in [0.15, 0.2) is 18.6 Å². The normalized spacial score (nSPS) is 20.5. The highest BCUT2D eigenvalue weighted by Crippen LogP contribution is 2.27. The van der Waals surface area contributed by atoms with Crippen molar-refractivity contribution in [1.29, 1.82) is 0 Å². The summed E-state index contributed by atoms with van der Waals surface area (Å²) in [5.74, 6) is 0.825. The summed E-state index contributed by atoms with van der Waals surface area (Å²) in [5, 5.41) is 0. The third kappa shape index (κ3) is 1.58. The van der Waals surface area contributed by atoms with Crippen molar-refractivity contribution in [3.63, 3.8) is 0 Å². The highest BCUT2D eigenvalue weighted by atomic mass is 79.9. The van der Waals surface area contributed by atoms with Crippen LogP contribution in [0.25, 0.3) is 5.76 Å². The minimum atomic E-state index is 0.320. The quantitative estimate of drug-likeness (QED) is 0.703. The molecule has 1 aliphatic rings. The number of alkyl halides is 1. The van der Waals surface area contributed by atoms with Crippen molar-refractivity contribution < 1.29 is 4.74 Å². The van der Waals surface area contributed by atoms with Gasteiger partial charge in [-0.15, -0.1) is 0 Å². The number of fused-ring (bicyclic) bond motifs is 1. The Morgan fingerprint density at radius 3 is 3.23 bits per heavy atom. The van der Waals surface area contributed by atoms with Gasteiger partial charge in [0.05, 0.1) is 7.11 Å². The van der Waals surface area contributed by atoms with Crippen LogP contribution < -0.4 is 0 Å². The van der Waals surface area contributed by atoms with Crippen LogP contribution in [0.3, 0.4) is 0 Å². The fourth-order valence-electron chi connectivity index (χ4n) is 1.41. The lowest BCUT2D eigenvalue weighted by Crippen LogP contribution is -2.12. The molecule has 0 saturated heterocycles. The van der Waals surface area contributed by atoms with E-state index in [0.717, 1.165) is 23.4 Å². The molecule has 0 aliphatic heterocycles. The Kier molecular flexibility index (Phi) is 2.31. The van der Waals surface area contributed by atoms with E-state index in [4.69, 9.17) is 4.74 Å². The zero-order valence-electron chi connectivity index (χ0n) is 7.20. The van der Waals surface area contributed by atoms with E-state index in [-0.39, 0.29) is 0 Å². The molecule has 0 bridgehead atoms. The van der Waals surface area contributed by atoms with Gasteiger partial charge in [0.2, 0.25) is 0 Å². The summed E-state index contributed by atoms with van der Waals surface area (Å²) in [6.07, 6.45) is 6.32. The number of methoxy groups -OCH3 is 1. The molecule has 4 heteroatoms. The van der Waals surface area contributed by atoms with Gasteiger partial charge in [-0.25, -0.2) is 9.97 Å². The van der Waals surface area contributed by atoms with Gasteiger partial charge < -0.3 is 4.74 Å². The molecule has 0 saturated carbocycles. The van der Waals surface area contributed by atoms with Gasteiger partial charge in [-0.3, -0.25) is 0 Å². The van der Waals surface area contributed by atoms with Crippen LogP contribution >= 0.6 is 15.9 Å². The van der Waals surface area contributed by atoms with Gasteiger partial charge in [-0.05, 0) is 12.5 Å². The molecule has 2 rings (SSSR count). The predicted molar refractivity (Wildman–Crippen MR) is 53.4 cm³/mol. The first-order valence-electron chi connectivity index (χ1n) is 4.00. The third-order valence-electron chi connectivity index (χ3n) is 1.99. The molecule has 13 heavy (non-hydrogen) atoms. The molecule has 0 radical (unpaired) electrons.